The highest BCUT2D eigenvalue weighted by Gasteiger charge is 2.31. The minimum atomic E-state index is 0.151. The molecule has 1 atom stereocenters. The van der Waals surface area contributed by atoms with Gasteiger partial charge in [-0.2, -0.15) is 5.10 Å². The number of aromatic nitrogens is 6. The lowest BCUT2D eigenvalue weighted by Gasteiger charge is -2.24. The summed E-state index contributed by atoms with van der Waals surface area (Å²) in [6.45, 7) is 0.948. The summed E-state index contributed by atoms with van der Waals surface area (Å²) in [6.07, 6.45) is 5.64. The van der Waals surface area contributed by atoms with Gasteiger partial charge in [-0.1, -0.05) is 30.3 Å². The van der Waals surface area contributed by atoms with Crippen molar-refractivity contribution in [3.8, 4) is 11.4 Å². The van der Waals surface area contributed by atoms with Crippen molar-refractivity contribution in [2.24, 2.45) is 0 Å². The van der Waals surface area contributed by atoms with E-state index in [0.29, 0.717) is 0 Å². The van der Waals surface area contributed by atoms with E-state index in [4.69, 9.17) is 4.98 Å². The number of aromatic amines is 2. The predicted octanol–water partition coefficient (Wildman–Crippen LogP) is 3.08. The third kappa shape index (κ3) is 2.36. The molecule has 25 heavy (non-hydrogen) atoms. The van der Waals surface area contributed by atoms with Crippen LogP contribution in [0, 0.1) is 0 Å². The molecule has 3 aromatic heterocycles. The third-order valence-corrected chi connectivity index (χ3v) is 4.71. The predicted molar refractivity (Wildman–Crippen MR) is 95.0 cm³/mol. The van der Waals surface area contributed by atoms with E-state index in [1.54, 1.807) is 6.33 Å². The van der Waals surface area contributed by atoms with Crippen molar-refractivity contribution < 1.29 is 0 Å². The molecule has 1 fully saturated rings. The van der Waals surface area contributed by atoms with E-state index >= 15 is 0 Å². The van der Waals surface area contributed by atoms with E-state index in [0.717, 1.165) is 53.4 Å². The van der Waals surface area contributed by atoms with E-state index in [-0.39, 0.29) is 6.04 Å². The number of hydrogen-bond acceptors (Lipinski definition) is 5. The van der Waals surface area contributed by atoms with Crippen LogP contribution >= 0.6 is 0 Å². The van der Waals surface area contributed by atoms with Crippen molar-refractivity contribution in [2.45, 2.75) is 18.9 Å². The van der Waals surface area contributed by atoms with Gasteiger partial charge in [0.05, 0.1) is 11.4 Å². The fourth-order valence-electron chi connectivity index (χ4n) is 3.53. The molecule has 0 aliphatic carbocycles. The Balaban J connectivity index is 1.52. The fraction of sp³-hybridized carbons (Fsp3) is 0.222. The molecule has 4 heterocycles. The second-order valence-corrected chi connectivity index (χ2v) is 6.20. The molecule has 1 saturated heterocycles. The van der Waals surface area contributed by atoms with Gasteiger partial charge in [-0.15, -0.1) is 0 Å². The van der Waals surface area contributed by atoms with E-state index < -0.39 is 0 Å². The smallest absolute Gasteiger partial charge is 0.181 e. The first kappa shape index (κ1) is 14.2. The fourth-order valence-corrected chi connectivity index (χ4v) is 3.53. The van der Waals surface area contributed by atoms with E-state index in [2.05, 4.69) is 30.0 Å². The number of fused-ring (bicyclic) bond motifs is 1. The molecule has 1 aromatic carbocycles. The van der Waals surface area contributed by atoms with Crippen LogP contribution in [0.3, 0.4) is 0 Å². The van der Waals surface area contributed by atoms with Gasteiger partial charge in [-0.3, -0.25) is 5.10 Å². The average molecular weight is 331 g/mol. The molecule has 1 aliphatic heterocycles. The van der Waals surface area contributed by atoms with Gasteiger partial charge in [0.15, 0.2) is 5.82 Å². The van der Waals surface area contributed by atoms with Crippen LogP contribution in [0.5, 0.6) is 0 Å². The van der Waals surface area contributed by atoms with Crippen LogP contribution in [-0.2, 0) is 0 Å². The molecular weight excluding hydrogens is 314 g/mol. The number of benzene rings is 1. The lowest BCUT2D eigenvalue weighted by atomic mass is 10.2. The molecule has 0 bridgehead atoms. The highest BCUT2D eigenvalue weighted by atomic mass is 15.3. The first-order valence-corrected chi connectivity index (χ1v) is 8.42. The summed E-state index contributed by atoms with van der Waals surface area (Å²) >= 11 is 0. The average Bonchev–Trinajstić information content (AvgIpc) is 3.40. The lowest BCUT2D eigenvalue weighted by molar-refractivity contribution is 0.665. The van der Waals surface area contributed by atoms with Gasteiger partial charge in [0, 0.05) is 18.3 Å². The zero-order chi connectivity index (χ0) is 16.6. The molecule has 124 valence electrons. The van der Waals surface area contributed by atoms with Crippen LogP contribution in [0.15, 0.2) is 48.9 Å². The number of hydrogen-bond donors (Lipinski definition) is 2. The topological polar surface area (TPSA) is 86.4 Å². The van der Waals surface area contributed by atoms with Crippen molar-refractivity contribution in [1.29, 1.82) is 0 Å². The zero-order valence-corrected chi connectivity index (χ0v) is 13.6. The lowest BCUT2D eigenvalue weighted by Crippen LogP contribution is -2.24. The summed E-state index contributed by atoms with van der Waals surface area (Å²) < 4.78 is 0. The second-order valence-electron chi connectivity index (χ2n) is 6.20. The van der Waals surface area contributed by atoms with Crippen LogP contribution in [0.2, 0.25) is 0 Å². The largest absolute Gasteiger partial charge is 0.346 e. The van der Waals surface area contributed by atoms with Crippen molar-refractivity contribution in [2.75, 3.05) is 11.4 Å². The van der Waals surface area contributed by atoms with Gasteiger partial charge in [-0.25, -0.2) is 15.0 Å². The Hall–Kier alpha value is -3.22. The number of H-pyrrole nitrogens is 2. The Morgan fingerprint density at radius 3 is 2.92 bits per heavy atom. The second kappa shape index (κ2) is 5.70. The summed E-state index contributed by atoms with van der Waals surface area (Å²) in [5, 5.41) is 8.58. The summed E-state index contributed by atoms with van der Waals surface area (Å²) in [7, 11) is 0. The SMILES string of the molecule is c1ccc(-c2n[nH]c(C3CCCN3c3ncnc4[nH]ccc34)n2)cc1. The van der Waals surface area contributed by atoms with Crippen LogP contribution in [0.25, 0.3) is 22.4 Å². The van der Waals surface area contributed by atoms with Crippen LogP contribution in [0.4, 0.5) is 5.82 Å². The molecule has 0 amide bonds. The maximum absolute atomic E-state index is 4.75. The molecule has 7 heteroatoms. The summed E-state index contributed by atoms with van der Waals surface area (Å²) in [6, 6.07) is 12.2. The van der Waals surface area contributed by atoms with Gasteiger partial charge < -0.3 is 9.88 Å². The minimum absolute atomic E-state index is 0.151. The van der Waals surface area contributed by atoms with E-state index in [1.165, 1.54) is 0 Å². The molecule has 2 N–H and O–H groups in total. The Bertz CT molecular complexity index is 1000. The van der Waals surface area contributed by atoms with Gasteiger partial charge in [0.25, 0.3) is 0 Å². The Morgan fingerprint density at radius 2 is 2.00 bits per heavy atom. The Kier molecular flexibility index (Phi) is 3.22. The highest BCUT2D eigenvalue weighted by molar-refractivity contribution is 5.87. The first-order valence-electron chi connectivity index (χ1n) is 8.42. The van der Waals surface area contributed by atoms with E-state index in [9.17, 15) is 0 Å². The monoisotopic (exact) mass is 331 g/mol. The number of nitrogens with one attached hydrogen (secondary N) is 2. The van der Waals surface area contributed by atoms with Crippen molar-refractivity contribution in [3.63, 3.8) is 0 Å². The molecule has 1 aliphatic rings. The maximum Gasteiger partial charge on any atom is 0.181 e. The van der Waals surface area contributed by atoms with Crippen LogP contribution < -0.4 is 4.90 Å². The molecule has 0 saturated carbocycles. The van der Waals surface area contributed by atoms with Crippen molar-refractivity contribution >= 4 is 16.9 Å². The number of rotatable bonds is 3. The summed E-state index contributed by atoms with van der Waals surface area (Å²) in [5.41, 5.74) is 1.88. The minimum Gasteiger partial charge on any atom is -0.346 e. The zero-order valence-electron chi connectivity index (χ0n) is 13.6. The molecular formula is C18H17N7. The number of anilines is 1. The number of nitrogens with zero attached hydrogens (tertiary/aromatic N) is 5. The van der Waals surface area contributed by atoms with Gasteiger partial charge in [0.2, 0.25) is 0 Å². The molecule has 0 spiro atoms. The van der Waals surface area contributed by atoms with Gasteiger partial charge in [0.1, 0.15) is 23.6 Å². The summed E-state index contributed by atoms with van der Waals surface area (Å²) in [4.78, 5) is 19.0. The first-order chi connectivity index (χ1) is 12.4. The van der Waals surface area contributed by atoms with Crippen molar-refractivity contribution in [1.82, 2.24) is 30.1 Å². The van der Waals surface area contributed by atoms with Crippen LogP contribution in [-0.4, -0.2) is 36.7 Å². The quantitative estimate of drug-likeness (QED) is 0.602. The maximum atomic E-state index is 4.75. The normalized spacial score (nSPS) is 17.4. The van der Waals surface area contributed by atoms with E-state index in [1.807, 2.05) is 42.6 Å². The highest BCUT2D eigenvalue weighted by Crippen LogP contribution is 2.36. The Labute approximate surface area is 144 Å². The molecule has 7 nitrogen and oxygen atoms in total. The van der Waals surface area contributed by atoms with Gasteiger partial charge >= 0.3 is 0 Å². The Morgan fingerprint density at radius 1 is 1.08 bits per heavy atom. The molecule has 5 rings (SSSR count). The summed E-state index contributed by atoms with van der Waals surface area (Å²) in [5.74, 6) is 2.57. The van der Waals surface area contributed by atoms with Crippen LogP contribution in [0.1, 0.15) is 24.7 Å². The van der Waals surface area contributed by atoms with Crippen molar-refractivity contribution in [3.05, 3.63) is 54.7 Å². The molecule has 4 aromatic rings. The molecule has 0 radical (unpaired) electrons. The third-order valence-electron chi connectivity index (χ3n) is 4.71. The van der Waals surface area contributed by atoms with Gasteiger partial charge in [-0.05, 0) is 18.9 Å². The standard InChI is InChI=1S/C18H17N7/c1-2-5-12(6-3-1)15-22-17(24-23-15)14-7-4-10-25(14)18-13-8-9-19-16(13)20-11-21-18/h1-3,5-6,8-9,11,14H,4,7,10H2,(H,19,20,21)(H,22,23,24). The molecule has 1 unspecified atom stereocenters.